The van der Waals surface area contributed by atoms with Gasteiger partial charge in [0, 0.05) is 36.8 Å². The SMILES string of the molecule is CCOC(=O)c1ccc(-n2cc(C#N)c(-c3ccc(OC)c(OC)c3)c2)cc1OCOC. The number of rotatable bonds is 9. The summed E-state index contributed by atoms with van der Waals surface area (Å²) in [4.78, 5) is 12.3. The Kier molecular flexibility index (Phi) is 7.37. The van der Waals surface area contributed by atoms with E-state index in [1.165, 1.54) is 7.11 Å². The largest absolute Gasteiger partial charge is 0.493 e. The predicted octanol–water partition coefficient (Wildman–Crippen LogP) is 4.19. The minimum Gasteiger partial charge on any atom is -0.493 e. The fourth-order valence-electron chi connectivity index (χ4n) is 3.22. The van der Waals surface area contributed by atoms with Crippen molar-refractivity contribution in [3.8, 4) is 40.1 Å². The lowest BCUT2D eigenvalue weighted by Gasteiger charge is -2.12. The van der Waals surface area contributed by atoms with Gasteiger partial charge >= 0.3 is 5.97 Å². The molecule has 3 aromatic rings. The number of aromatic nitrogens is 1. The van der Waals surface area contributed by atoms with Crippen molar-refractivity contribution in [2.75, 3.05) is 34.7 Å². The second kappa shape index (κ2) is 10.4. The molecule has 0 saturated heterocycles. The Bertz CT molecular complexity index is 1150. The standard InChI is InChI=1S/C24H24N2O6/c1-5-31-24(27)19-8-7-18(11-22(19)32-15-28-2)26-13-17(12-25)20(14-26)16-6-9-21(29-3)23(10-16)30-4/h6-11,13-14H,5,15H2,1-4H3. The van der Waals surface area contributed by atoms with Crippen molar-refractivity contribution in [1.29, 1.82) is 5.26 Å². The quantitative estimate of drug-likeness (QED) is 0.367. The van der Waals surface area contributed by atoms with Crippen molar-refractivity contribution in [1.82, 2.24) is 4.57 Å². The third-order valence-corrected chi connectivity index (χ3v) is 4.73. The Morgan fingerprint density at radius 2 is 1.78 bits per heavy atom. The Balaban J connectivity index is 2.05. The summed E-state index contributed by atoms with van der Waals surface area (Å²) in [5, 5.41) is 9.69. The molecule has 32 heavy (non-hydrogen) atoms. The maximum absolute atomic E-state index is 12.3. The molecule has 0 aliphatic heterocycles. The average molecular weight is 436 g/mol. The summed E-state index contributed by atoms with van der Waals surface area (Å²) in [6, 6.07) is 12.8. The lowest BCUT2D eigenvalue weighted by Crippen LogP contribution is -2.10. The summed E-state index contributed by atoms with van der Waals surface area (Å²) in [6.45, 7) is 1.96. The molecule has 8 nitrogen and oxygen atoms in total. The number of hydrogen-bond donors (Lipinski definition) is 0. The van der Waals surface area contributed by atoms with Crippen LogP contribution in [0.1, 0.15) is 22.8 Å². The number of ether oxygens (including phenoxy) is 5. The van der Waals surface area contributed by atoms with Gasteiger partial charge in [0.25, 0.3) is 0 Å². The molecule has 1 aromatic heterocycles. The molecule has 3 rings (SSSR count). The molecule has 0 amide bonds. The maximum atomic E-state index is 12.3. The van der Waals surface area contributed by atoms with Crippen LogP contribution in [0.2, 0.25) is 0 Å². The van der Waals surface area contributed by atoms with Crippen LogP contribution in [0, 0.1) is 11.3 Å². The van der Waals surface area contributed by atoms with E-state index in [1.807, 2.05) is 18.3 Å². The summed E-state index contributed by atoms with van der Waals surface area (Å²) in [5.41, 5.74) is 3.00. The number of methoxy groups -OCH3 is 3. The smallest absolute Gasteiger partial charge is 0.341 e. The summed E-state index contributed by atoms with van der Waals surface area (Å²) in [6.07, 6.45) is 3.55. The van der Waals surface area contributed by atoms with Crippen molar-refractivity contribution in [2.45, 2.75) is 6.92 Å². The normalized spacial score (nSPS) is 10.3. The first kappa shape index (κ1) is 22.7. The summed E-state index contributed by atoms with van der Waals surface area (Å²) < 4.78 is 28.1. The highest BCUT2D eigenvalue weighted by Crippen LogP contribution is 2.35. The van der Waals surface area contributed by atoms with Crippen molar-refractivity contribution < 1.29 is 28.5 Å². The highest BCUT2D eigenvalue weighted by molar-refractivity contribution is 5.93. The fourth-order valence-corrected chi connectivity index (χ4v) is 3.22. The van der Waals surface area contributed by atoms with Gasteiger partial charge in [0.05, 0.1) is 26.4 Å². The van der Waals surface area contributed by atoms with Crippen molar-refractivity contribution in [3.63, 3.8) is 0 Å². The van der Waals surface area contributed by atoms with Crippen molar-refractivity contribution >= 4 is 5.97 Å². The van der Waals surface area contributed by atoms with Gasteiger partial charge in [-0.05, 0) is 36.8 Å². The first-order valence-electron chi connectivity index (χ1n) is 9.84. The van der Waals surface area contributed by atoms with Gasteiger partial charge in [0.2, 0.25) is 0 Å². The topological polar surface area (TPSA) is 91.9 Å². The van der Waals surface area contributed by atoms with E-state index < -0.39 is 5.97 Å². The maximum Gasteiger partial charge on any atom is 0.341 e. The monoisotopic (exact) mass is 436 g/mol. The molecule has 1 heterocycles. The summed E-state index contributed by atoms with van der Waals surface area (Å²) in [7, 11) is 4.62. The third-order valence-electron chi connectivity index (χ3n) is 4.73. The number of benzene rings is 2. The fraction of sp³-hybridized carbons (Fsp3) is 0.250. The van der Waals surface area contributed by atoms with Gasteiger partial charge in [0.15, 0.2) is 18.3 Å². The van der Waals surface area contributed by atoms with Gasteiger partial charge in [-0.3, -0.25) is 0 Å². The van der Waals surface area contributed by atoms with Gasteiger partial charge in [-0.1, -0.05) is 6.07 Å². The first-order chi connectivity index (χ1) is 15.6. The van der Waals surface area contributed by atoms with Crippen LogP contribution >= 0.6 is 0 Å². The lowest BCUT2D eigenvalue weighted by atomic mass is 10.0. The van der Waals surface area contributed by atoms with Gasteiger partial charge in [-0.25, -0.2) is 4.79 Å². The van der Waals surface area contributed by atoms with E-state index in [9.17, 15) is 10.1 Å². The molecule has 0 atom stereocenters. The number of esters is 1. The van der Waals surface area contributed by atoms with Crippen LogP contribution in [0.25, 0.3) is 16.8 Å². The van der Waals surface area contributed by atoms with Gasteiger partial charge in [0.1, 0.15) is 17.4 Å². The van der Waals surface area contributed by atoms with Crippen LogP contribution in [0.5, 0.6) is 17.2 Å². The van der Waals surface area contributed by atoms with Crippen LogP contribution in [0.3, 0.4) is 0 Å². The molecule has 166 valence electrons. The number of carbonyl (C=O) groups excluding carboxylic acids is 1. The van der Waals surface area contributed by atoms with Crippen molar-refractivity contribution in [2.24, 2.45) is 0 Å². The number of hydrogen-bond acceptors (Lipinski definition) is 7. The molecule has 0 spiro atoms. The Morgan fingerprint density at radius 3 is 2.44 bits per heavy atom. The molecule has 2 aromatic carbocycles. The van der Waals surface area contributed by atoms with Crippen LogP contribution in [-0.2, 0) is 9.47 Å². The van der Waals surface area contributed by atoms with Crippen LogP contribution < -0.4 is 14.2 Å². The summed E-state index contributed by atoms with van der Waals surface area (Å²) in [5.74, 6) is 1.00. The molecule has 0 N–H and O–H groups in total. The number of nitrogens with zero attached hydrogens (tertiary/aromatic N) is 2. The lowest BCUT2D eigenvalue weighted by molar-refractivity contribution is 0.0438. The Morgan fingerprint density at radius 1 is 1.00 bits per heavy atom. The zero-order valence-electron chi connectivity index (χ0n) is 18.4. The molecule has 0 aliphatic rings. The molecule has 8 heteroatoms. The van der Waals surface area contributed by atoms with Gasteiger partial charge in [-0.2, -0.15) is 5.26 Å². The second-order valence-corrected chi connectivity index (χ2v) is 6.63. The van der Waals surface area contributed by atoms with E-state index in [0.29, 0.717) is 34.1 Å². The molecule has 0 aliphatic carbocycles. The number of carbonyl (C=O) groups is 1. The van der Waals surface area contributed by atoms with E-state index in [2.05, 4.69) is 6.07 Å². The minimum absolute atomic E-state index is 0.0259. The Labute approximate surface area is 186 Å². The van der Waals surface area contributed by atoms with Crippen molar-refractivity contribution in [3.05, 3.63) is 59.9 Å². The van der Waals surface area contributed by atoms with E-state index >= 15 is 0 Å². The van der Waals surface area contributed by atoms with Gasteiger partial charge in [-0.15, -0.1) is 0 Å². The first-order valence-corrected chi connectivity index (χ1v) is 9.84. The predicted molar refractivity (Wildman–Crippen MR) is 117 cm³/mol. The highest BCUT2D eigenvalue weighted by atomic mass is 16.7. The van der Waals surface area contributed by atoms with E-state index in [-0.39, 0.29) is 13.4 Å². The zero-order chi connectivity index (χ0) is 23.1. The average Bonchev–Trinajstić information content (AvgIpc) is 3.26. The summed E-state index contributed by atoms with van der Waals surface area (Å²) >= 11 is 0. The van der Waals surface area contributed by atoms with Crippen LogP contribution in [0.4, 0.5) is 0 Å². The molecule has 0 fully saturated rings. The molecule has 0 radical (unpaired) electrons. The van der Waals surface area contributed by atoms with E-state index in [1.54, 1.807) is 56.2 Å². The zero-order valence-corrected chi connectivity index (χ0v) is 18.4. The van der Waals surface area contributed by atoms with E-state index in [0.717, 1.165) is 11.1 Å². The number of nitriles is 1. The highest BCUT2D eigenvalue weighted by Gasteiger charge is 2.17. The molecular weight excluding hydrogens is 412 g/mol. The molecule has 0 saturated carbocycles. The van der Waals surface area contributed by atoms with Crippen LogP contribution in [-0.4, -0.2) is 45.3 Å². The molecule has 0 bridgehead atoms. The third kappa shape index (κ3) is 4.68. The molecular formula is C24H24N2O6. The second-order valence-electron chi connectivity index (χ2n) is 6.63. The van der Waals surface area contributed by atoms with Gasteiger partial charge < -0.3 is 28.3 Å². The molecule has 0 unspecified atom stereocenters. The minimum atomic E-state index is -0.485. The van der Waals surface area contributed by atoms with E-state index in [4.69, 9.17) is 23.7 Å². The Hall–Kier alpha value is -3.96. The van der Waals surface area contributed by atoms with Crippen LogP contribution in [0.15, 0.2) is 48.8 Å².